The molecule has 0 amide bonds. The SMILES string of the molecule is CC(C)OCCNCCOC(=O)C(C)C. The third-order valence-corrected chi connectivity index (χ3v) is 1.72. The molecule has 0 aromatic rings. The average Bonchev–Trinajstić information content (AvgIpc) is 2.15. The lowest BCUT2D eigenvalue weighted by Crippen LogP contribution is -2.26. The predicted molar refractivity (Wildman–Crippen MR) is 59.8 cm³/mol. The Morgan fingerprint density at radius 3 is 2.27 bits per heavy atom. The van der Waals surface area contributed by atoms with Gasteiger partial charge in [-0.2, -0.15) is 0 Å². The van der Waals surface area contributed by atoms with E-state index in [-0.39, 0.29) is 18.0 Å². The number of esters is 1. The molecule has 0 aliphatic rings. The molecular formula is C11H23NO3. The molecule has 0 fully saturated rings. The zero-order chi connectivity index (χ0) is 11.7. The second-order valence-corrected chi connectivity index (χ2v) is 3.99. The van der Waals surface area contributed by atoms with E-state index in [1.807, 2.05) is 27.7 Å². The zero-order valence-corrected chi connectivity index (χ0v) is 10.2. The molecule has 0 saturated heterocycles. The third-order valence-electron chi connectivity index (χ3n) is 1.72. The average molecular weight is 217 g/mol. The Morgan fingerprint density at radius 1 is 1.13 bits per heavy atom. The molecule has 1 N–H and O–H groups in total. The van der Waals surface area contributed by atoms with Gasteiger partial charge >= 0.3 is 5.97 Å². The Labute approximate surface area is 92.3 Å². The smallest absolute Gasteiger partial charge is 0.308 e. The van der Waals surface area contributed by atoms with Gasteiger partial charge in [-0.1, -0.05) is 13.8 Å². The molecular weight excluding hydrogens is 194 g/mol. The largest absolute Gasteiger partial charge is 0.464 e. The third kappa shape index (κ3) is 9.69. The highest BCUT2D eigenvalue weighted by atomic mass is 16.5. The number of carbonyl (C=O) groups is 1. The zero-order valence-electron chi connectivity index (χ0n) is 10.2. The number of ether oxygens (including phenoxy) is 2. The first-order valence-corrected chi connectivity index (χ1v) is 5.53. The second-order valence-electron chi connectivity index (χ2n) is 3.99. The van der Waals surface area contributed by atoms with Gasteiger partial charge in [0.15, 0.2) is 0 Å². The van der Waals surface area contributed by atoms with Crippen molar-refractivity contribution in [2.75, 3.05) is 26.3 Å². The van der Waals surface area contributed by atoms with Crippen LogP contribution in [0.4, 0.5) is 0 Å². The summed E-state index contributed by atoms with van der Waals surface area (Å²) in [7, 11) is 0. The van der Waals surface area contributed by atoms with Gasteiger partial charge in [0, 0.05) is 13.1 Å². The Kier molecular flexibility index (Phi) is 8.33. The van der Waals surface area contributed by atoms with Crippen LogP contribution < -0.4 is 5.32 Å². The van der Waals surface area contributed by atoms with Crippen molar-refractivity contribution in [1.82, 2.24) is 5.32 Å². The van der Waals surface area contributed by atoms with E-state index < -0.39 is 0 Å². The van der Waals surface area contributed by atoms with Gasteiger partial charge in [0.05, 0.1) is 18.6 Å². The number of rotatable bonds is 8. The van der Waals surface area contributed by atoms with Crippen molar-refractivity contribution in [3.8, 4) is 0 Å². The summed E-state index contributed by atoms with van der Waals surface area (Å²) >= 11 is 0. The second kappa shape index (κ2) is 8.68. The highest BCUT2D eigenvalue weighted by Gasteiger charge is 2.06. The predicted octanol–water partition coefficient (Wildman–Crippen LogP) is 1.20. The highest BCUT2D eigenvalue weighted by Crippen LogP contribution is 1.94. The van der Waals surface area contributed by atoms with Crippen LogP contribution in [0.5, 0.6) is 0 Å². The summed E-state index contributed by atoms with van der Waals surface area (Å²) in [6, 6.07) is 0. The van der Waals surface area contributed by atoms with E-state index in [9.17, 15) is 4.79 Å². The minimum atomic E-state index is -0.143. The van der Waals surface area contributed by atoms with Crippen LogP contribution in [0, 0.1) is 5.92 Å². The molecule has 0 heterocycles. The maximum Gasteiger partial charge on any atom is 0.308 e. The van der Waals surface area contributed by atoms with E-state index in [4.69, 9.17) is 9.47 Å². The normalized spacial score (nSPS) is 11.1. The molecule has 0 saturated carbocycles. The molecule has 0 atom stereocenters. The van der Waals surface area contributed by atoms with Crippen LogP contribution in [-0.2, 0) is 14.3 Å². The van der Waals surface area contributed by atoms with E-state index in [0.717, 1.165) is 6.54 Å². The monoisotopic (exact) mass is 217 g/mol. The van der Waals surface area contributed by atoms with Crippen molar-refractivity contribution in [3.05, 3.63) is 0 Å². The minimum absolute atomic E-state index is 0.0470. The first-order valence-electron chi connectivity index (χ1n) is 5.53. The van der Waals surface area contributed by atoms with Gasteiger partial charge in [0.1, 0.15) is 6.61 Å². The lowest BCUT2D eigenvalue weighted by Gasteiger charge is -2.09. The fourth-order valence-electron chi connectivity index (χ4n) is 0.882. The van der Waals surface area contributed by atoms with Crippen molar-refractivity contribution < 1.29 is 14.3 Å². The van der Waals surface area contributed by atoms with Crippen LogP contribution in [0.2, 0.25) is 0 Å². The van der Waals surface area contributed by atoms with Crippen molar-refractivity contribution in [1.29, 1.82) is 0 Å². The Bertz CT molecular complexity index is 169. The summed E-state index contributed by atoms with van der Waals surface area (Å²) in [4.78, 5) is 11.0. The first-order chi connectivity index (χ1) is 7.04. The summed E-state index contributed by atoms with van der Waals surface area (Å²) in [5, 5.41) is 3.13. The van der Waals surface area contributed by atoms with Crippen LogP contribution in [0.15, 0.2) is 0 Å². The molecule has 4 nitrogen and oxygen atoms in total. The Hall–Kier alpha value is -0.610. The molecule has 0 spiro atoms. The van der Waals surface area contributed by atoms with E-state index in [1.54, 1.807) is 0 Å². The summed E-state index contributed by atoms with van der Waals surface area (Å²) in [5.74, 6) is -0.190. The molecule has 0 bridgehead atoms. The summed E-state index contributed by atoms with van der Waals surface area (Å²) in [6.07, 6.45) is 0.269. The molecule has 4 heteroatoms. The Balaban J connectivity index is 3.15. The maximum atomic E-state index is 11.0. The summed E-state index contributed by atoms with van der Waals surface area (Å²) < 4.78 is 10.3. The van der Waals surface area contributed by atoms with E-state index >= 15 is 0 Å². The van der Waals surface area contributed by atoms with Crippen LogP contribution in [0.1, 0.15) is 27.7 Å². The van der Waals surface area contributed by atoms with Gasteiger partial charge in [-0.05, 0) is 13.8 Å². The van der Waals surface area contributed by atoms with Gasteiger partial charge in [0.2, 0.25) is 0 Å². The number of carbonyl (C=O) groups excluding carboxylic acids is 1. The molecule has 0 aromatic heterocycles. The van der Waals surface area contributed by atoms with Crippen molar-refractivity contribution >= 4 is 5.97 Å². The Morgan fingerprint density at radius 2 is 1.73 bits per heavy atom. The van der Waals surface area contributed by atoms with Crippen molar-refractivity contribution in [3.63, 3.8) is 0 Å². The maximum absolute atomic E-state index is 11.0. The van der Waals surface area contributed by atoms with Crippen molar-refractivity contribution in [2.24, 2.45) is 5.92 Å². The van der Waals surface area contributed by atoms with Gasteiger partial charge in [-0.15, -0.1) is 0 Å². The van der Waals surface area contributed by atoms with Crippen LogP contribution in [-0.4, -0.2) is 38.4 Å². The van der Waals surface area contributed by atoms with E-state index in [1.165, 1.54) is 0 Å². The molecule has 0 rings (SSSR count). The summed E-state index contributed by atoms with van der Waals surface area (Å²) in [5.41, 5.74) is 0. The van der Waals surface area contributed by atoms with Crippen LogP contribution >= 0.6 is 0 Å². The molecule has 15 heavy (non-hydrogen) atoms. The highest BCUT2D eigenvalue weighted by molar-refractivity contribution is 5.71. The van der Waals surface area contributed by atoms with Gasteiger partial charge in [-0.3, -0.25) is 4.79 Å². The standard InChI is InChI=1S/C11H23NO3/c1-9(2)11(13)15-8-6-12-5-7-14-10(3)4/h9-10,12H,5-8H2,1-4H3. The molecule has 0 aromatic carbocycles. The van der Waals surface area contributed by atoms with E-state index in [0.29, 0.717) is 19.8 Å². The molecule has 90 valence electrons. The quantitative estimate of drug-likeness (QED) is 0.490. The van der Waals surface area contributed by atoms with Gasteiger partial charge < -0.3 is 14.8 Å². The first kappa shape index (κ1) is 14.4. The fourth-order valence-corrected chi connectivity index (χ4v) is 0.882. The van der Waals surface area contributed by atoms with Gasteiger partial charge in [-0.25, -0.2) is 0 Å². The van der Waals surface area contributed by atoms with E-state index in [2.05, 4.69) is 5.32 Å². The number of nitrogens with one attached hydrogen (secondary N) is 1. The molecule has 0 radical (unpaired) electrons. The van der Waals surface area contributed by atoms with Gasteiger partial charge in [0.25, 0.3) is 0 Å². The molecule has 0 unspecified atom stereocenters. The topological polar surface area (TPSA) is 47.6 Å². The minimum Gasteiger partial charge on any atom is -0.464 e. The lowest BCUT2D eigenvalue weighted by molar-refractivity contribution is -0.147. The molecule has 0 aliphatic heterocycles. The lowest BCUT2D eigenvalue weighted by atomic mass is 10.2. The van der Waals surface area contributed by atoms with Crippen LogP contribution in [0.25, 0.3) is 0 Å². The fraction of sp³-hybridized carbons (Fsp3) is 0.909. The number of hydrogen-bond acceptors (Lipinski definition) is 4. The summed E-state index contributed by atoms with van der Waals surface area (Å²) in [6.45, 7) is 10.2. The number of hydrogen-bond donors (Lipinski definition) is 1. The molecule has 0 aliphatic carbocycles. The van der Waals surface area contributed by atoms with Crippen LogP contribution in [0.3, 0.4) is 0 Å². The van der Waals surface area contributed by atoms with Crippen molar-refractivity contribution in [2.45, 2.75) is 33.8 Å².